The van der Waals surface area contributed by atoms with E-state index < -0.39 is 29.8 Å². The first-order valence-corrected chi connectivity index (χ1v) is 15.8. The number of aromatic nitrogens is 6. The number of H-pyrrole nitrogens is 1. The second-order valence-electron chi connectivity index (χ2n) is 12.6. The summed E-state index contributed by atoms with van der Waals surface area (Å²) in [4.78, 5) is 57.0. The Kier molecular flexibility index (Phi) is 9.17. The van der Waals surface area contributed by atoms with Crippen LogP contribution in [0.1, 0.15) is 33.1 Å². The summed E-state index contributed by atoms with van der Waals surface area (Å²) in [5, 5.41) is 16.8. The van der Waals surface area contributed by atoms with E-state index in [-0.39, 0.29) is 64.2 Å². The molecule has 2 aliphatic rings. The number of benzene rings is 1. The van der Waals surface area contributed by atoms with E-state index in [0.29, 0.717) is 30.5 Å². The molecule has 14 nitrogen and oxygen atoms in total. The van der Waals surface area contributed by atoms with Gasteiger partial charge >= 0.3 is 6.18 Å². The summed E-state index contributed by atoms with van der Waals surface area (Å²) in [5.41, 5.74) is -1.28. The van der Waals surface area contributed by atoms with Gasteiger partial charge in [0.1, 0.15) is 12.6 Å². The highest BCUT2D eigenvalue weighted by Crippen LogP contribution is 2.36. The minimum atomic E-state index is -4.82. The van der Waals surface area contributed by atoms with E-state index in [2.05, 4.69) is 30.4 Å². The van der Waals surface area contributed by atoms with E-state index in [4.69, 9.17) is 11.6 Å². The number of hydrogen-bond donors (Lipinski definition) is 3. The van der Waals surface area contributed by atoms with Crippen molar-refractivity contribution in [3.63, 3.8) is 0 Å². The Bertz CT molecular complexity index is 1870. The number of alkyl halides is 3. The Morgan fingerprint density at radius 1 is 1.06 bits per heavy atom. The smallest absolute Gasteiger partial charge is 0.386 e. The number of piperazine rings is 1. The maximum absolute atomic E-state index is 13.8. The molecule has 2 unspecified atom stereocenters. The van der Waals surface area contributed by atoms with E-state index in [9.17, 15) is 32.7 Å². The van der Waals surface area contributed by atoms with Crippen molar-refractivity contribution in [2.75, 3.05) is 58.7 Å². The normalized spacial score (nSPS) is 19.5. The van der Waals surface area contributed by atoms with Gasteiger partial charge in [-0.05, 0) is 24.3 Å². The van der Waals surface area contributed by atoms with Crippen LogP contribution in [0.5, 0.6) is 0 Å². The van der Waals surface area contributed by atoms with Crippen molar-refractivity contribution in [2.24, 2.45) is 5.92 Å². The van der Waals surface area contributed by atoms with E-state index in [1.54, 1.807) is 9.80 Å². The van der Waals surface area contributed by atoms with Gasteiger partial charge in [-0.3, -0.25) is 14.4 Å². The SMILES string of the molecule is C[N+]1(C)CCC(C(=O)N2CCN(C(=O)c3ccc(NC(=O)c4ncc(-c5cn(-c6ncccn6)nc5C(F)(F)F)[nH]4)cc3Cl)CC2)C(O)C1. The zero-order valence-electron chi connectivity index (χ0n) is 26.5. The number of amides is 3. The molecule has 18 heteroatoms. The molecule has 0 aliphatic carbocycles. The molecule has 2 fully saturated rings. The minimum Gasteiger partial charge on any atom is -0.386 e. The fourth-order valence-electron chi connectivity index (χ4n) is 6.05. The Morgan fingerprint density at radius 3 is 2.41 bits per heavy atom. The van der Waals surface area contributed by atoms with Gasteiger partial charge in [0.25, 0.3) is 11.8 Å². The molecule has 258 valence electrons. The number of carbonyl (C=O) groups is 3. The van der Waals surface area contributed by atoms with Crippen molar-refractivity contribution in [2.45, 2.75) is 18.7 Å². The topological polar surface area (TPSA) is 162 Å². The number of likely N-dealkylation sites (N-methyl/N-ethyl adjacent to an activating group) is 1. The maximum atomic E-state index is 13.8. The van der Waals surface area contributed by atoms with Gasteiger partial charge in [-0.15, -0.1) is 0 Å². The number of piperidine rings is 1. The summed E-state index contributed by atoms with van der Waals surface area (Å²) in [6, 6.07) is 5.82. The first-order valence-electron chi connectivity index (χ1n) is 15.4. The number of nitrogens with zero attached hydrogens (tertiary/aromatic N) is 8. The van der Waals surface area contributed by atoms with Crippen LogP contribution < -0.4 is 5.32 Å². The van der Waals surface area contributed by atoms with Crippen LogP contribution in [0.4, 0.5) is 18.9 Å². The third-order valence-corrected chi connectivity index (χ3v) is 8.98. The Balaban J connectivity index is 1.08. The minimum absolute atomic E-state index is 0.0675. The molecular formula is C31H33ClF3N10O4+. The lowest BCUT2D eigenvalue weighted by molar-refractivity contribution is -0.899. The van der Waals surface area contributed by atoms with Gasteiger partial charge in [-0.1, -0.05) is 11.6 Å². The molecule has 6 rings (SSSR count). The molecule has 1 aromatic carbocycles. The first-order chi connectivity index (χ1) is 23.2. The first kappa shape index (κ1) is 34.0. The number of rotatable bonds is 6. The third kappa shape index (κ3) is 7.28. The number of likely N-dealkylation sites (tertiary alicyclic amines) is 1. The number of halogens is 4. The fourth-order valence-corrected chi connectivity index (χ4v) is 6.31. The lowest BCUT2D eigenvalue weighted by Crippen LogP contribution is -2.58. The van der Waals surface area contributed by atoms with Crippen LogP contribution in [-0.4, -0.2) is 126 Å². The lowest BCUT2D eigenvalue weighted by atomic mass is 9.91. The second-order valence-corrected chi connectivity index (χ2v) is 13.0. The molecule has 0 spiro atoms. The molecule has 5 heterocycles. The summed E-state index contributed by atoms with van der Waals surface area (Å²) in [5.74, 6) is -2.02. The van der Waals surface area contributed by atoms with Crippen molar-refractivity contribution in [1.29, 1.82) is 0 Å². The molecule has 3 aromatic heterocycles. The van der Waals surface area contributed by atoms with Crippen molar-refractivity contribution >= 4 is 35.0 Å². The van der Waals surface area contributed by atoms with Crippen LogP contribution in [0, 0.1) is 5.92 Å². The predicted octanol–water partition coefficient (Wildman–Crippen LogP) is 2.72. The number of aliphatic hydroxyl groups excluding tert-OH is 1. The number of aliphatic hydroxyl groups is 1. The van der Waals surface area contributed by atoms with Crippen LogP contribution in [0.3, 0.4) is 0 Å². The van der Waals surface area contributed by atoms with Crippen LogP contribution in [0.15, 0.2) is 49.1 Å². The number of anilines is 1. The molecule has 3 N–H and O–H groups in total. The van der Waals surface area contributed by atoms with Gasteiger partial charge in [-0.2, -0.15) is 18.3 Å². The fraction of sp³-hybridized carbons (Fsp3) is 0.387. The number of hydrogen-bond acceptors (Lipinski definition) is 8. The number of aromatic amines is 1. The van der Waals surface area contributed by atoms with E-state index in [1.165, 1.54) is 36.7 Å². The highest BCUT2D eigenvalue weighted by atomic mass is 35.5. The summed E-state index contributed by atoms with van der Waals surface area (Å²) >= 11 is 6.45. The number of quaternary nitrogens is 1. The number of carbonyl (C=O) groups excluding carboxylic acids is 3. The van der Waals surface area contributed by atoms with Gasteiger partial charge in [0.15, 0.2) is 11.5 Å². The standard InChI is InChI=1S/C31H32ClF3N10O4/c1-45(2)13-6-20(24(46)17-45)29(49)43-11-9-42(10-12-43)28(48)19-5-4-18(14-22(19)32)39-27(47)26-38-15-23(40-26)21-16-44(30-36-7-3-8-37-30)41-25(21)31(33,34)35/h3-5,7-8,14-16,20,24,46H,6,9-13,17H2,1-2H3,(H-,38,39,40,47,48)/p+1. The van der Waals surface area contributed by atoms with Crippen molar-refractivity contribution in [1.82, 2.24) is 39.5 Å². The highest BCUT2D eigenvalue weighted by Gasteiger charge is 2.41. The molecule has 3 amide bonds. The molecule has 2 atom stereocenters. The monoisotopic (exact) mass is 701 g/mol. The second kappa shape index (κ2) is 13.2. The molecular weight excluding hydrogens is 669 g/mol. The lowest BCUT2D eigenvalue weighted by Gasteiger charge is -2.42. The molecule has 0 bridgehead atoms. The summed E-state index contributed by atoms with van der Waals surface area (Å²) < 4.78 is 43.0. The molecule has 49 heavy (non-hydrogen) atoms. The van der Waals surface area contributed by atoms with Crippen LogP contribution in [0.25, 0.3) is 17.2 Å². The Labute approximate surface area is 283 Å². The third-order valence-electron chi connectivity index (χ3n) is 8.67. The van der Waals surface area contributed by atoms with Crippen LogP contribution in [-0.2, 0) is 11.0 Å². The molecule has 0 radical (unpaired) electrons. The van der Waals surface area contributed by atoms with Gasteiger partial charge in [0, 0.05) is 56.9 Å². The molecule has 2 saturated heterocycles. The van der Waals surface area contributed by atoms with Crippen LogP contribution in [0.2, 0.25) is 5.02 Å². The predicted molar refractivity (Wildman–Crippen MR) is 170 cm³/mol. The van der Waals surface area contributed by atoms with Gasteiger partial charge < -0.3 is 29.7 Å². The zero-order chi connectivity index (χ0) is 35.1. The number of imidazole rings is 1. The van der Waals surface area contributed by atoms with Crippen molar-refractivity contribution < 1.29 is 37.1 Å². The van der Waals surface area contributed by atoms with Crippen molar-refractivity contribution in [3.8, 4) is 17.2 Å². The Morgan fingerprint density at radius 2 is 1.76 bits per heavy atom. The average molecular weight is 702 g/mol. The highest BCUT2D eigenvalue weighted by molar-refractivity contribution is 6.34. The van der Waals surface area contributed by atoms with Gasteiger partial charge in [-0.25, -0.2) is 19.6 Å². The largest absolute Gasteiger partial charge is 0.435 e. The van der Waals surface area contributed by atoms with E-state index in [0.717, 1.165) is 23.6 Å². The van der Waals surface area contributed by atoms with Crippen molar-refractivity contribution in [3.05, 3.63) is 71.2 Å². The van der Waals surface area contributed by atoms with Gasteiger partial charge in [0.05, 0.1) is 54.6 Å². The number of nitrogens with one attached hydrogen (secondary N) is 2. The quantitative estimate of drug-likeness (QED) is 0.259. The Hall–Kier alpha value is -4.87. The summed E-state index contributed by atoms with van der Waals surface area (Å²) in [6.07, 6.45) is -0.0503. The van der Waals surface area contributed by atoms with Gasteiger partial charge in [0.2, 0.25) is 11.9 Å². The summed E-state index contributed by atoms with van der Waals surface area (Å²) in [7, 11) is 4.04. The van der Waals surface area contributed by atoms with Crippen LogP contribution >= 0.6 is 11.6 Å². The molecule has 2 aliphatic heterocycles. The zero-order valence-corrected chi connectivity index (χ0v) is 27.2. The maximum Gasteiger partial charge on any atom is 0.435 e. The summed E-state index contributed by atoms with van der Waals surface area (Å²) in [6.45, 7) is 2.54. The van der Waals surface area contributed by atoms with E-state index >= 15 is 0 Å². The van der Waals surface area contributed by atoms with E-state index in [1.807, 2.05) is 14.1 Å². The molecule has 4 aromatic rings. The molecule has 0 saturated carbocycles. The average Bonchev–Trinajstić information content (AvgIpc) is 3.73.